The zero-order valence-corrected chi connectivity index (χ0v) is 14.5. The Morgan fingerprint density at radius 3 is 2.54 bits per heavy atom. The summed E-state index contributed by atoms with van der Waals surface area (Å²) in [7, 11) is 0. The number of carbonyl (C=O) groups is 2. The number of likely N-dealkylation sites (N-methyl/N-ethyl adjacent to an activating group) is 1. The Morgan fingerprint density at radius 2 is 1.85 bits per heavy atom. The molecule has 2 aromatic carbocycles. The van der Waals surface area contributed by atoms with Crippen molar-refractivity contribution in [2.75, 3.05) is 25.2 Å². The fourth-order valence-electron chi connectivity index (χ4n) is 2.70. The van der Waals surface area contributed by atoms with E-state index in [1.807, 2.05) is 30.0 Å². The highest BCUT2D eigenvalue weighted by Gasteiger charge is 2.15. The normalized spacial score (nSPS) is 12.2. The predicted molar refractivity (Wildman–Crippen MR) is 97.1 cm³/mol. The maximum Gasteiger partial charge on any atom is 0.248 e. The van der Waals surface area contributed by atoms with Gasteiger partial charge in [0, 0.05) is 17.8 Å². The first-order valence-corrected chi connectivity index (χ1v) is 8.35. The zero-order chi connectivity index (χ0) is 18.5. The van der Waals surface area contributed by atoms with Gasteiger partial charge in [0.1, 0.15) is 0 Å². The van der Waals surface area contributed by atoms with E-state index in [-0.39, 0.29) is 19.2 Å². The van der Waals surface area contributed by atoms with Gasteiger partial charge in [-0.25, -0.2) is 0 Å². The minimum absolute atomic E-state index is 0.126. The molecule has 0 unspecified atom stereocenters. The third-order valence-corrected chi connectivity index (χ3v) is 4.11. The summed E-state index contributed by atoms with van der Waals surface area (Å²) in [5.41, 5.74) is 7.29. The van der Waals surface area contributed by atoms with Crippen molar-refractivity contribution in [3.63, 3.8) is 0 Å². The van der Waals surface area contributed by atoms with Gasteiger partial charge in [-0.15, -0.1) is 0 Å². The van der Waals surface area contributed by atoms with Gasteiger partial charge in [0.05, 0.1) is 6.54 Å². The molecule has 0 atom stereocenters. The first-order valence-electron chi connectivity index (χ1n) is 8.35. The molecule has 0 saturated heterocycles. The van der Waals surface area contributed by atoms with E-state index in [4.69, 9.17) is 15.2 Å². The number of primary amides is 1. The van der Waals surface area contributed by atoms with E-state index in [1.54, 1.807) is 24.3 Å². The van der Waals surface area contributed by atoms with E-state index in [1.165, 1.54) is 0 Å². The Bertz CT molecular complexity index is 805. The Hall–Kier alpha value is -3.06. The fraction of sp³-hybridized carbons (Fsp3) is 0.263. The molecule has 3 rings (SSSR count). The molecule has 0 radical (unpaired) electrons. The number of benzene rings is 2. The van der Waals surface area contributed by atoms with Crippen molar-refractivity contribution < 1.29 is 19.1 Å². The molecule has 1 aliphatic heterocycles. The number of hydrogen-bond donors (Lipinski definition) is 2. The molecule has 2 amide bonds. The van der Waals surface area contributed by atoms with Crippen molar-refractivity contribution >= 4 is 17.5 Å². The van der Waals surface area contributed by atoms with Crippen LogP contribution in [0.3, 0.4) is 0 Å². The minimum Gasteiger partial charge on any atom is -0.454 e. The Balaban J connectivity index is 1.57. The van der Waals surface area contributed by atoms with Crippen molar-refractivity contribution in [1.82, 2.24) is 4.90 Å². The number of carbonyl (C=O) groups excluding carboxylic acids is 2. The number of amides is 2. The van der Waals surface area contributed by atoms with Crippen LogP contribution in [0.5, 0.6) is 11.5 Å². The number of fused-ring (bicyclic) bond motifs is 1. The van der Waals surface area contributed by atoms with Crippen LogP contribution in [0.15, 0.2) is 42.5 Å². The lowest BCUT2D eigenvalue weighted by molar-refractivity contribution is -0.117. The van der Waals surface area contributed by atoms with Crippen LogP contribution in [0, 0.1) is 0 Å². The highest BCUT2D eigenvalue weighted by molar-refractivity contribution is 5.95. The molecule has 1 heterocycles. The van der Waals surface area contributed by atoms with Crippen LogP contribution in [0.4, 0.5) is 5.69 Å². The van der Waals surface area contributed by atoms with E-state index < -0.39 is 5.91 Å². The summed E-state index contributed by atoms with van der Waals surface area (Å²) in [4.78, 5) is 25.4. The molecule has 26 heavy (non-hydrogen) atoms. The molecular weight excluding hydrogens is 334 g/mol. The number of nitrogens with zero attached hydrogens (tertiary/aromatic N) is 1. The summed E-state index contributed by atoms with van der Waals surface area (Å²) >= 11 is 0. The first-order chi connectivity index (χ1) is 12.5. The zero-order valence-electron chi connectivity index (χ0n) is 14.5. The number of rotatable bonds is 7. The van der Waals surface area contributed by atoms with Gasteiger partial charge >= 0.3 is 0 Å². The second kappa shape index (κ2) is 7.88. The van der Waals surface area contributed by atoms with Crippen molar-refractivity contribution in [2.45, 2.75) is 13.5 Å². The molecule has 7 nitrogen and oxygen atoms in total. The van der Waals surface area contributed by atoms with Gasteiger partial charge in [-0.1, -0.05) is 13.0 Å². The molecule has 0 aromatic heterocycles. The van der Waals surface area contributed by atoms with Crippen LogP contribution in [0.2, 0.25) is 0 Å². The SMILES string of the molecule is CCN(CC(=O)Nc1ccc(C(N)=O)cc1)Cc1ccc2c(c1)OCO2. The smallest absolute Gasteiger partial charge is 0.248 e. The highest BCUT2D eigenvalue weighted by atomic mass is 16.7. The summed E-state index contributed by atoms with van der Waals surface area (Å²) < 4.78 is 10.7. The molecule has 3 N–H and O–H groups in total. The molecule has 0 saturated carbocycles. The number of ether oxygens (including phenoxy) is 2. The maximum absolute atomic E-state index is 12.3. The Kier molecular flexibility index (Phi) is 5.38. The number of hydrogen-bond acceptors (Lipinski definition) is 5. The van der Waals surface area contributed by atoms with Gasteiger partial charge in [-0.05, 0) is 48.5 Å². The van der Waals surface area contributed by atoms with Crippen molar-refractivity contribution in [1.29, 1.82) is 0 Å². The van der Waals surface area contributed by atoms with Crippen LogP contribution in [-0.2, 0) is 11.3 Å². The monoisotopic (exact) mass is 355 g/mol. The lowest BCUT2D eigenvalue weighted by Crippen LogP contribution is -2.32. The van der Waals surface area contributed by atoms with Crippen LogP contribution >= 0.6 is 0 Å². The van der Waals surface area contributed by atoms with Crippen LogP contribution < -0.4 is 20.5 Å². The third-order valence-electron chi connectivity index (χ3n) is 4.11. The molecule has 0 aliphatic carbocycles. The summed E-state index contributed by atoms with van der Waals surface area (Å²) in [6, 6.07) is 12.3. The molecule has 136 valence electrons. The van der Waals surface area contributed by atoms with Gasteiger partial charge < -0.3 is 20.5 Å². The summed E-state index contributed by atoms with van der Waals surface area (Å²) in [6.45, 7) is 3.85. The van der Waals surface area contributed by atoms with E-state index in [9.17, 15) is 9.59 Å². The van der Waals surface area contributed by atoms with E-state index >= 15 is 0 Å². The molecule has 0 fully saturated rings. The molecule has 1 aliphatic rings. The summed E-state index contributed by atoms with van der Waals surface area (Å²) in [5, 5.41) is 2.82. The summed E-state index contributed by atoms with van der Waals surface area (Å²) in [5.74, 6) is 0.856. The number of nitrogens with two attached hydrogens (primary N) is 1. The quantitative estimate of drug-likeness (QED) is 0.792. The lowest BCUT2D eigenvalue weighted by Gasteiger charge is -2.20. The van der Waals surface area contributed by atoms with E-state index in [0.29, 0.717) is 17.8 Å². The molecule has 0 bridgehead atoms. The van der Waals surface area contributed by atoms with Crippen molar-refractivity contribution in [2.24, 2.45) is 5.73 Å². The van der Waals surface area contributed by atoms with E-state index in [2.05, 4.69) is 5.32 Å². The van der Waals surface area contributed by atoms with Gasteiger partial charge in [-0.2, -0.15) is 0 Å². The molecule has 0 spiro atoms. The molecular formula is C19H21N3O4. The van der Waals surface area contributed by atoms with Crippen LogP contribution in [0.25, 0.3) is 0 Å². The lowest BCUT2D eigenvalue weighted by atomic mass is 10.2. The largest absolute Gasteiger partial charge is 0.454 e. The molecule has 7 heteroatoms. The van der Waals surface area contributed by atoms with Gasteiger partial charge in [-0.3, -0.25) is 14.5 Å². The Morgan fingerprint density at radius 1 is 1.12 bits per heavy atom. The number of nitrogens with one attached hydrogen (secondary N) is 1. The average molecular weight is 355 g/mol. The predicted octanol–water partition coefficient (Wildman–Crippen LogP) is 1.97. The number of anilines is 1. The second-order valence-electron chi connectivity index (χ2n) is 5.98. The average Bonchev–Trinajstić information content (AvgIpc) is 3.09. The van der Waals surface area contributed by atoms with Gasteiger partial charge in [0.2, 0.25) is 18.6 Å². The summed E-state index contributed by atoms with van der Waals surface area (Å²) in [6.07, 6.45) is 0. The van der Waals surface area contributed by atoms with Gasteiger partial charge in [0.25, 0.3) is 0 Å². The first kappa shape index (κ1) is 17.8. The van der Waals surface area contributed by atoms with E-state index in [0.717, 1.165) is 23.6 Å². The van der Waals surface area contributed by atoms with Gasteiger partial charge in [0.15, 0.2) is 11.5 Å². The standard InChI is InChI=1S/C19H21N3O4/c1-2-22(10-13-3-8-16-17(9-13)26-12-25-16)11-18(23)21-15-6-4-14(5-7-15)19(20)24/h3-9H,2,10-12H2,1H3,(H2,20,24)(H,21,23). The second-order valence-corrected chi connectivity index (χ2v) is 5.98. The van der Waals surface area contributed by atoms with Crippen LogP contribution in [0.1, 0.15) is 22.8 Å². The maximum atomic E-state index is 12.3. The fourth-order valence-corrected chi connectivity index (χ4v) is 2.70. The third kappa shape index (κ3) is 4.31. The van der Waals surface area contributed by atoms with Crippen molar-refractivity contribution in [3.05, 3.63) is 53.6 Å². The van der Waals surface area contributed by atoms with Crippen molar-refractivity contribution in [3.8, 4) is 11.5 Å². The Labute approximate surface area is 151 Å². The van der Waals surface area contributed by atoms with Crippen LogP contribution in [-0.4, -0.2) is 36.6 Å². The topological polar surface area (TPSA) is 93.9 Å². The highest BCUT2D eigenvalue weighted by Crippen LogP contribution is 2.32. The minimum atomic E-state index is -0.497. The molecule has 2 aromatic rings.